The van der Waals surface area contributed by atoms with Crippen molar-refractivity contribution < 1.29 is 13.9 Å². The van der Waals surface area contributed by atoms with Gasteiger partial charge in [-0.2, -0.15) is 0 Å². The number of carbonyl (C=O) groups is 1. The minimum absolute atomic E-state index is 0.200. The summed E-state index contributed by atoms with van der Waals surface area (Å²) < 4.78 is 20.7. The zero-order valence-electron chi connectivity index (χ0n) is 13.5. The average Bonchev–Trinajstić information content (AvgIpc) is 2.60. The summed E-state index contributed by atoms with van der Waals surface area (Å²) in [7, 11) is 1.55. The molecular formula is C18H19FN2O3. The van der Waals surface area contributed by atoms with Crippen molar-refractivity contribution >= 4 is 11.6 Å². The molecule has 2 heterocycles. The Morgan fingerprint density at radius 1 is 1.29 bits per heavy atom. The van der Waals surface area contributed by atoms with E-state index in [1.54, 1.807) is 13.2 Å². The van der Waals surface area contributed by atoms with Crippen molar-refractivity contribution in [1.29, 1.82) is 0 Å². The molecule has 0 saturated heterocycles. The minimum atomic E-state index is -0.395. The van der Waals surface area contributed by atoms with Gasteiger partial charge in [0.1, 0.15) is 5.82 Å². The molecule has 0 fully saturated rings. The maximum atomic E-state index is 14.2. The molecule has 0 bridgehead atoms. The van der Waals surface area contributed by atoms with Crippen molar-refractivity contribution in [3.05, 3.63) is 63.8 Å². The van der Waals surface area contributed by atoms with Crippen molar-refractivity contribution in [2.24, 2.45) is 0 Å². The Morgan fingerprint density at radius 3 is 2.92 bits per heavy atom. The predicted molar refractivity (Wildman–Crippen MR) is 89.0 cm³/mol. The molecule has 3 rings (SSSR count). The molecule has 0 saturated carbocycles. The van der Waals surface area contributed by atoms with Gasteiger partial charge in [-0.25, -0.2) is 4.39 Å². The number of ether oxygens (including phenoxy) is 1. The van der Waals surface area contributed by atoms with E-state index in [1.807, 2.05) is 6.07 Å². The van der Waals surface area contributed by atoms with E-state index in [2.05, 4.69) is 0 Å². The fraction of sp³-hybridized carbons (Fsp3) is 0.333. The Balaban J connectivity index is 1.95. The number of aromatic nitrogens is 1. The van der Waals surface area contributed by atoms with E-state index in [-0.39, 0.29) is 11.5 Å². The van der Waals surface area contributed by atoms with Crippen LogP contribution in [0, 0.1) is 5.82 Å². The summed E-state index contributed by atoms with van der Waals surface area (Å²) >= 11 is 0. The summed E-state index contributed by atoms with van der Waals surface area (Å²) in [6.45, 7) is 1.20. The highest BCUT2D eigenvalue weighted by atomic mass is 19.1. The number of fused-ring (bicyclic) bond motifs is 1. The third-order valence-corrected chi connectivity index (χ3v) is 4.18. The number of carbonyl (C=O) groups excluding carboxylic acids is 1. The zero-order chi connectivity index (χ0) is 17.1. The molecule has 1 amide bonds. The number of hydrogen-bond donors (Lipinski definition) is 0. The van der Waals surface area contributed by atoms with E-state index in [9.17, 15) is 14.0 Å². The second-order valence-electron chi connectivity index (χ2n) is 5.75. The number of halogens is 1. The second-order valence-corrected chi connectivity index (χ2v) is 5.75. The van der Waals surface area contributed by atoms with E-state index in [0.29, 0.717) is 30.9 Å². The maximum Gasteiger partial charge on any atom is 0.259 e. The number of benzene rings is 1. The molecule has 1 aliphatic rings. The van der Waals surface area contributed by atoms with Gasteiger partial charge in [0.2, 0.25) is 0 Å². The number of nitrogens with zero attached hydrogens (tertiary/aromatic N) is 2. The van der Waals surface area contributed by atoms with Crippen LogP contribution < -0.4 is 10.5 Å². The Labute approximate surface area is 139 Å². The van der Waals surface area contributed by atoms with Crippen LogP contribution >= 0.6 is 0 Å². The molecule has 0 spiro atoms. The molecule has 0 atom stereocenters. The Hall–Kier alpha value is -2.47. The molecule has 2 aromatic rings. The lowest BCUT2D eigenvalue weighted by Crippen LogP contribution is -2.37. The van der Waals surface area contributed by atoms with Gasteiger partial charge < -0.3 is 14.2 Å². The van der Waals surface area contributed by atoms with Crippen LogP contribution in [0.4, 0.5) is 10.1 Å². The molecule has 1 aromatic heterocycles. The Bertz CT molecular complexity index is 816. The topological polar surface area (TPSA) is 51.5 Å². The summed E-state index contributed by atoms with van der Waals surface area (Å²) in [5.74, 6) is -0.694. The van der Waals surface area contributed by atoms with Crippen LogP contribution in [0.1, 0.15) is 22.3 Å². The van der Waals surface area contributed by atoms with Crippen LogP contribution in [0.15, 0.2) is 41.3 Å². The van der Waals surface area contributed by atoms with E-state index in [4.69, 9.17) is 4.74 Å². The number of para-hydroxylation sites is 1. The lowest BCUT2D eigenvalue weighted by Gasteiger charge is -2.30. The van der Waals surface area contributed by atoms with Crippen molar-refractivity contribution in [1.82, 2.24) is 4.57 Å². The number of hydrogen-bond acceptors (Lipinski definition) is 3. The first-order chi connectivity index (χ1) is 11.6. The first-order valence-corrected chi connectivity index (χ1v) is 7.90. The fourth-order valence-corrected chi connectivity index (χ4v) is 2.98. The van der Waals surface area contributed by atoms with Gasteiger partial charge in [0.05, 0.1) is 17.9 Å². The highest BCUT2D eigenvalue weighted by Gasteiger charge is 2.26. The SMILES string of the molecule is COCCn1cc(C(=O)N2CCCc3cccc(F)c32)ccc1=O. The standard InChI is InChI=1S/C18H19FN2O3/c1-24-11-10-20-12-14(7-8-16(20)22)18(23)21-9-3-5-13-4-2-6-15(19)17(13)21/h2,4,6-8,12H,3,5,9-11H2,1H3. The number of pyridine rings is 1. The summed E-state index contributed by atoms with van der Waals surface area (Å²) in [6, 6.07) is 7.71. The van der Waals surface area contributed by atoms with E-state index in [0.717, 1.165) is 18.4 Å². The largest absolute Gasteiger partial charge is 0.383 e. The molecule has 1 aromatic carbocycles. The van der Waals surface area contributed by atoms with Gasteiger partial charge in [-0.15, -0.1) is 0 Å². The van der Waals surface area contributed by atoms with Crippen molar-refractivity contribution in [3.8, 4) is 0 Å². The van der Waals surface area contributed by atoms with Gasteiger partial charge in [-0.05, 0) is 30.5 Å². The number of rotatable bonds is 4. The van der Waals surface area contributed by atoms with Crippen molar-refractivity contribution in [2.45, 2.75) is 19.4 Å². The van der Waals surface area contributed by atoms with Crippen molar-refractivity contribution in [3.63, 3.8) is 0 Å². The molecular weight excluding hydrogens is 311 g/mol. The average molecular weight is 330 g/mol. The molecule has 24 heavy (non-hydrogen) atoms. The third-order valence-electron chi connectivity index (χ3n) is 4.18. The monoisotopic (exact) mass is 330 g/mol. The number of methoxy groups -OCH3 is 1. The molecule has 1 aliphatic heterocycles. The minimum Gasteiger partial charge on any atom is -0.383 e. The summed E-state index contributed by atoms with van der Waals surface area (Å²) in [6.07, 6.45) is 3.05. The van der Waals surface area contributed by atoms with Crippen molar-refractivity contribution in [2.75, 3.05) is 25.2 Å². The van der Waals surface area contributed by atoms with Gasteiger partial charge >= 0.3 is 0 Å². The smallest absolute Gasteiger partial charge is 0.259 e. The molecule has 0 radical (unpaired) electrons. The first-order valence-electron chi connectivity index (χ1n) is 7.90. The number of anilines is 1. The fourth-order valence-electron chi connectivity index (χ4n) is 2.98. The van der Waals surface area contributed by atoms with Crippen LogP contribution in [0.5, 0.6) is 0 Å². The van der Waals surface area contributed by atoms with Gasteiger partial charge in [0, 0.05) is 32.5 Å². The third kappa shape index (κ3) is 3.10. The van der Waals surface area contributed by atoms with Gasteiger partial charge in [-0.1, -0.05) is 12.1 Å². The maximum absolute atomic E-state index is 14.2. The van der Waals surface area contributed by atoms with Crippen LogP contribution in [-0.4, -0.2) is 30.7 Å². The normalized spacial score (nSPS) is 13.7. The van der Waals surface area contributed by atoms with Gasteiger partial charge in [0.15, 0.2) is 0 Å². The number of aryl methyl sites for hydroxylation is 1. The van der Waals surface area contributed by atoms with Gasteiger partial charge in [-0.3, -0.25) is 9.59 Å². The zero-order valence-corrected chi connectivity index (χ0v) is 13.5. The lowest BCUT2D eigenvalue weighted by atomic mass is 10.0. The lowest BCUT2D eigenvalue weighted by molar-refractivity contribution is 0.0983. The van der Waals surface area contributed by atoms with E-state index < -0.39 is 5.82 Å². The molecule has 0 unspecified atom stereocenters. The van der Waals surface area contributed by atoms with Crippen LogP contribution in [0.3, 0.4) is 0 Å². The highest BCUT2D eigenvalue weighted by Crippen LogP contribution is 2.30. The van der Waals surface area contributed by atoms with E-state index >= 15 is 0 Å². The second kappa shape index (κ2) is 6.97. The molecule has 126 valence electrons. The Morgan fingerprint density at radius 2 is 2.12 bits per heavy atom. The summed E-state index contributed by atoms with van der Waals surface area (Å²) in [4.78, 5) is 26.2. The van der Waals surface area contributed by atoms with E-state index in [1.165, 1.54) is 33.9 Å². The van der Waals surface area contributed by atoms with Crippen LogP contribution in [0.2, 0.25) is 0 Å². The summed E-state index contributed by atoms with van der Waals surface area (Å²) in [5.41, 5.74) is 1.35. The van der Waals surface area contributed by atoms with Gasteiger partial charge in [0.25, 0.3) is 11.5 Å². The quantitative estimate of drug-likeness (QED) is 0.864. The molecule has 0 aliphatic carbocycles. The molecule has 5 nitrogen and oxygen atoms in total. The van der Waals surface area contributed by atoms with Crippen LogP contribution in [0.25, 0.3) is 0 Å². The molecule has 6 heteroatoms. The summed E-state index contributed by atoms with van der Waals surface area (Å²) in [5, 5.41) is 0. The number of amides is 1. The van der Waals surface area contributed by atoms with Crippen LogP contribution in [-0.2, 0) is 17.7 Å². The first kappa shape index (κ1) is 16.4. The molecule has 0 N–H and O–H groups in total. The Kier molecular flexibility index (Phi) is 4.76. The highest BCUT2D eigenvalue weighted by molar-refractivity contribution is 6.06. The predicted octanol–water partition coefficient (Wildman–Crippen LogP) is 2.23.